The predicted octanol–water partition coefficient (Wildman–Crippen LogP) is 4.21. The van der Waals surface area contributed by atoms with Gasteiger partial charge in [0.1, 0.15) is 0 Å². The summed E-state index contributed by atoms with van der Waals surface area (Å²) in [5.74, 6) is 0. The van der Waals surface area contributed by atoms with Gasteiger partial charge in [0, 0.05) is 16.6 Å². The Bertz CT molecular complexity index is 502. The molecule has 18 heavy (non-hydrogen) atoms. The summed E-state index contributed by atoms with van der Waals surface area (Å²) in [5.41, 5.74) is 4.95. The van der Waals surface area contributed by atoms with Gasteiger partial charge in [0.25, 0.3) is 0 Å². The van der Waals surface area contributed by atoms with Crippen molar-refractivity contribution in [3.05, 3.63) is 69.7 Å². The highest BCUT2D eigenvalue weighted by Crippen LogP contribution is 2.20. The van der Waals surface area contributed by atoms with Gasteiger partial charge in [-0.1, -0.05) is 59.6 Å². The third-order valence-corrected chi connectivity index (χ3v) is 3.05. The van der Waals surface area contributed by atoms with E-state index in [-0.39, 0.29) is 0 Å². The Hall–Kier alpha value is -1.06. The van der Waals surface area contributed by atoms with E-state index in [2.05, 4.69) is 5.48 Å². The number of nitrogens with one attached hydrogen (secondary N) is 1. The predicted molar refractivity (Wildman–Crippen MR) is 74.5 cm³/mol. The fraction of sp³-hybridized carbons (Fsp3) is 0.143. The Morgan fingerprint density at radius 3 is 2.50 bits per heavy atom. The Morgan fingerprint density at radius 1 is 1.00 bits per heavy atom. The normalized spacial score (nSPS) is 10.6. The molecule has 0 spiro atoms. The first kappa shape index (κ1) is 13.4. The van der Waals surface area contributed by atoms with Crippen LogP contribution in [0.3, 0.4) is 0 Å². The fourth-order valence-corrected chi connectivity index (χ4v) is 1.98. The Balaban J connectivity index is 1.79. The van der Waals surface area contributed by atoms with Crippen molar-refractivity contribution < 1.29 is 4.84 Å². The van der Waals surface area contributed by atoms with Crippen molar-refractivity contribution in [2.45, 2.75) is 13.2 Å². The first-order chi connectivity index (χ1) is 8.75. The third-order valence-electron chi connectivity index (χ3n) is 2.46. The van der Waals surface area contributed by atoms with Crippen molar-refractivity contribution in [3.8, 4) is 0 Å². The van der Waals surface area contributed by atoms with Gasteiger partial charge in [-0.05, 0) is 23.3 Å². The lowest BCUT2D eigenvalue weighted by Gasteiger charge is -2.07. The number of rotatable bonds is 5. The smallest absolute Gasteiger partial charge is 0.0933 e. The van der Waals surface area contributed by atoms with Crippen LogP contribution < -0.4 is 5.48 Å². The standard InChI is InChI=1S/C14H13Cl2NO/c15-13-7-6-12(14(16)8-13)9-17-18-10-11-4-2-1-3-5-11/h1-8,17H,9-10H2. The van der Waals surface area contributed by atoms with Crippen LogP contribution in [-0.2, 0) is 18.0 Å². The van der Waals surface area contributed by atoms with E-state index in [1.54, 1.807) is 6.07 Å². The van der Waals surface area contributed by atoms with Gasteiger partial charge in [-0.3, -0.25) is 4.84 Å². The summed E-state index contributed by atoms with van der Waals surface area (Å²) in [5, 5.41) is 1.27. The first-order valence-corrected chi connectivity index (χ1v) is 6.34. The van der Waals surface area contributed by atoms with Crippen LogP contribution in [0.15, 0.2) is 48.5 Å². The molecule has 0 heterocycles. The molecule has 1 N–H and O–H groups in total. The van der Waals surface area contributed by atoms with Crippen LogP contribution in [0.4, 0.5) is 0 Å². The molecule has 0 aliphatic carbocycles. The van der Waals surface area contributed by atoms with Crippen molar-refractivity contribution in [3.63, 3.8) is 0 Å². The Kier molecular flexibility index (Phi) is 5.02. The fourth-order valence-electron chi connectivity index (χ4n) is 1.50. The average Bonchev–Trinajstić information content (AvgIpc) is 2.38. The number of hydrogen-bond acceptors (Lipinski definition) is 2. The summed E-state index contributed by atoms with van der Waals surface area (Å²) in [6, 6.07) is 15.4. The number of hydrogen-bond donors (Lipinski definition) is 1. The summed E-state index contributed by atoms with van der Waals surface area (Å²) in [7, 11) is 0. The minimum absolute atomic E-state index is 0.520. The van der Waals surface area contributed by atoms with Gasteiger partial charge < -0.3 is 0 Å². The van der Waals surface area contributed by atoms with Crippen LogP contribution in [0.5, 0.6) is 0 Å². The zero-order chi connectivity index (χ0) is 12.8. The third kappa shape index (κ3) is 4.00. The zero-order valence-electron chi connectivity index (χ0n) is 9.70. The second-order valence-electron chi connectivity index (χ2n) is 3.83. The highest BCUT2D eigenvalue weighted by molar-refractivity contribution is 6.35. The topological polar surface area (TPSA) is 21.3 Å². The van der Waals surface area contributed by atoms with Crippen molar-refractivity contribution in [1.82, 2.24) is 5.48 Å². The summed E-state index contributed by atoms with van der Waals surface area (Å²) >= 11 is 11.9. The van der Waals surface area contributed by atoms with Gasteiger partial charge in [-0.25, -0.2) is 0 Å². The molecule has 0 atom stereocenters. The van der Waals surface area contributed by atoms with Crippen LogP contribution in [0, 0.1) is 0 Å². The largest absolute Gasteiger partial charge is 0.297 e. The van der Waals surface area contributed by atoms with Gasteiger partial charge >= 0.3 is 0 Å². The lowest BCUT2D eigenvalue weighted by Crippen LogP contribution is -2.14. The van der Waals surface area contributed by atoms with E-state index in [9.17, 15) is 0 Å². The molecule has 2 rings (SSSR count). The Labute approximate surface area is 116 Å². The van der Waals surface area contributed by atoms with Crippen LogP contribution >= 0.6 is 23.2 Å². The lowest BCUT2D eigenvalue weighted by atomic mass is 10.2. The highest BCUT2D eigenvalue weighted by Gasteiger charge is 2.00. The minimum Gasteiger partial charge on any atom is -0.297 e. The second kappa shape index (κ2) is 6.76. The monoisotopic (exact) mass is 281 g/mol. The molecule has 0 unspecified atom stereocenters. The maximum atomic E-state index is 6.05. The van der Waals surface area contributed by atoms with Crippen LogP contribution in [-0.4, -0.2) is 0 Å². The van der Waals surface area contributed by atoms with Crippen LogP contribution in [0.2, 0.25) is 10.0 Å². The van der Waals surface area contributed by atoms with Crippen molar-refractivity contribution in [2.24, 2.45) is 0 Å². The van der Waals surface area contributed by atoms with Crippen molar-refractivity contribution >= 4 is 23.2 Å². The van der Waals surface area contributed by atoms with E-state index in [1.165, 1.54) is 0 Å². The van der Waals surface area contributed by atoms with Gasteiger partial charge in [0.2, 0.25) is 0 Å². The van der Waals surface area contributed by atoms with E-state index in [4.69, 9.17) is 28.0 Å². The molecule has 2 aromatic carbocycles. The van der Waals surface area contributed by atoms with Gasteiger partial charge in [-0.15, -0.1) is 0 Å². The molecule has 4 heteroatoms. The van der Waals surface area contributed by atoms with Gasteiger partial charge in [-0.2, -0.15) is 5.48 Å². The molecule has 2 nitrogen and oxygen atoms in total. The highest BCUT2D eigenvalue weighted by atomic mass is 35.5. The number of benzene rings is 2. The average molecular weight is 282 g/mol. The molecule has 2 aromatic rings. The zero-order valence-corrected chi connectivity index (χ0v) is 11.2. The molecule has 0 saturated heterocycles. The van der Waals surface area contributed by atoms with E-state index >= 15 is 0 Å². The molecule has 0 bridgehead atoms. The summed E-state index contributed by atoms with van der Waals surface area (Å²) in [6.45, 7) is 1.06. The maximum Gasteiger partial charge on any atom is 0.0933 e. The number of halogens is 2. The first-order valence-electron chi connectivity index (χ1n) is 5.58. The van der Waals surface area contributed by atoms with E-state index in [0.717, 1.165) is 11.1 Å². The van der Waals surface area contributed by atoms with Gasteiger partial charge in [0.05, 0.1) is 6.61 Å². The molecule has 0 aliphatic rings. The molecule has 0 saturated carbocycles. The summed E-state index contributed by atoms with van der Waals surface area (Å²) < 4.78 is 0. The Morgan fingerprint density at radius 2 is 1.78 bits per heavy atom. The molecule has 0 fully saturated rings. The van der Waals surface area contributed by atoms with Crippen molar-refractivity contribution in [1.29, 1.82) is 0 Å². The molecular formula is C14H13Cl2NO. The summed E-state index contributed by atoms with van der Waals surface area (Å²) in [4.78, 5) is 5.37. The maximum absolute atomic E-state index is 6.05. The quantitative estimate of drug-likeness (QED) is 0.655. The molecular weight excluding hydrogens is 269 g/mol. The number of hydroxylamine groups is 1. The molecule has 94 valence electrons. The van der Waals surface area contributed by atoms with Crippen molar-refractivity contribution in [2.75, 3.05) is 0 Å². The van der Waals surface area contributed by atoms with E-state index in [1.807, 2.05) is 42.5 Å². The van der Waals surface area contributed by atoms with Crippen LogP contribution in [0.25, 0.3) is 0 Å². The minimum atomic E-state index is 0.520. The molecule has 0 aliphatic heterocycles. The molecule has 0 aromatic heterocycles. The SMILES string of the molecule is Clc1ccc(CNOCc2ccccc2)c(Cl)c1. The van der Waals surface area contributed by atoms with E-state index in [0.29, 0.717) is 23.2 Å². The van der Waals surface area contributed by atoms with E-state index < -0.39 is 0 Å². The van der Waals surface area contributed by atoms with Gasteiger partial charge in [0.15, 0.2) is 0 Å². The molecule has 0 amide bonds. The lowest BCUT2D eigenvalue weighted by molar-refractivity contribution is 0.0235. The second-order valence-corrected chi connectivity index (χ2v) is 4.67. The summed E-state index contributed by atoms with van der Waals surface area (Å²) in [6.07, 6.45) is 0. The van der Waals surface area contributed by atoms with Crippen LogP contribution in [0.1, 0.15) is 11.1 Å². The molecule has 0 radical (unpaired) electrons.